The summed E-state index contributed by atoms with van der Waals surface area (Å²) in [5.74, 6) is 0.352. The van der Waals surface area contributed by atoms with Crippen molar-refractivity contribution in [2.75, 3.05) is 0 Å². The molecule has 0 saturated carbocycles. The molecule has 0 spiro atoms. The number of aromatic nitrogens is 1. The van der Waals surface area contributed by atoms with E-state index in [0.717, 1.165) is 5.69 Å². The largest absolute Gasteiger partial charge is 1.00 e. The average Bonchev–Trinajstić information content (AvgIpc) is 2.21. The molecule has 1 aromatic heterocycles. The topological polar surface area (TPSA) is 61.1 Å². The van der Waals surface area contributed by atoms with Gasteiger partial charge in [0.15, 0.2) is 10.0 Å². The summed E-state index contributed by atoms with van der Waals surface area (Å²) < 4.78 is 25.5. The minimum absolute atomic E-state index is 0. The number of pyridine rings is 1. The second-order valence-corrected chi connectivity index (χ2v) is 4.39. The molecule has 2 heterocycles. The second kappa shape index (κ2) is 4.06. The zero-order valence-electron chi connectivity index (χ0n) is 7.48. The van der Waals surface area contributed by atoms with E-state index >= 15 is 0 Å². The molecule has 13 heavy (non-hydrogen) atoms. The molecule has 64 valence electrons. The van der Waals surface area contributed by atoms with Gasteiger partial charge in [0.05, 0.1) is 5.75 Å². The van der Waals surface area contributed by atoms with Crippen LogP contribution < -0.4 is 58.2 Å². The molecular formula is C7H7N2O2RbS. The minimum Gasteiger partial charge on any atom is -0.439 e. The molecule has 1 aliphatic rings. The van der Waals surface area contributed by atoms with Gasteiger partial charge in [0.1, 0.15) is 0 Å². The van der Waals surface area contributed by atoms with Gasteiger partial charge in [-0.15, -0.1) is 0 Å². The van der Waals surface area contributed by atoms with Crippen LogP contribution in [0.25, 0.3) is 4.72 Å². The molecule has 0 saturated heterocycles. The molecule has 0 unspecified atom stereocenters. The fourth-order valence-electron chi connectivity index (χ4n) is 1.12. The van der Waals surface area contributed by atoms with Crippen LogP contribution in [0.3, 0.4) is 0 Å². The molecule has 0 fully saturated rings. The van der Waals surface area contributed by atoms with Crippen LogP contribution in [0.4, 0.5) is 5.82 Å². The number of rotatable bonds is 0. The van der Waals surface area contributed by atoms with Crippen LogP contribution in [-0.2, 0) is 15.8 Å². The van der Waals surface area contributed by atoms with Crippen molar-refractivity contribution in [3.63, 3.8) is 0 Å². The van der Waals surface area contributed by atoms with Crippen molar-refractivity contribution in [3.8, 4) is 0 Å². The summed E-state index contributed by atoms with van der Waals surface area (Å²) in [5, 5.41) is 0. The SMILES string of the molecule is Cc1ccc2c(n1)[N-]S(=O)(=O)C2.[Rb+]. The quantitative estimate of drug-likeness (QED) is 0.560. The first-order valence-corrected chi connectivity index (χ1v) is 5.10. The molecule has 4 nitrogen and oxygen atoms in total. The van der Waals surface area contributed by atoms with Gasteiger partial charge in [-0.2, -0.15) is 0 Å². The van der Waals surface area contributed by atoms with E-state index in [1.165, 1.54) is 0 Å². The maximum absolute atomic E-state index is 11.0. The van der Waals surface area contributed by atoms with Crippen molar-refractivity contribution in [1.82, 2.24) is 4.98 Å². The Morgan fingerprint density at radius 2 is 2.15 bits per heavy atom. The van der Waals surface area contributed by atoms with Gasteiger partial charge in [0.2, 0.25) is 0 Å². The monoisotopic (exact) mass is 268 g/mol. The van der Waals surface area contributed by atoms with E-state index in [1.54, 1.807) is 19.1 Å². The number of nitrogens with zero attached hydrogens (tertiary/aromatic N) is 2. The standard InChI is InChI=1S/C7H7N2O2S.Rb/c1-5-2-3-6-4-12(10,11)9-7(6)8-5;/h2-3H,4H2,1H3;/q-1;+1. The van der Waals surface area contributed by atoms with E-state index in [4.69, 9.17) is 0 Å². The molecule has 0 amide bonds. The predicted molar refractivity (Wildman–Crippen MR) is 44.6 cm³/mol. The zero-order valence-corrected chi connectivity index (χ0v) is 13.2. The third kappa shape index (κ3) is 2.59. The Labute approximate surface area is 126 Å². The minimum atomic E-state index is -3.26. The Hall–Kier alpha value is 0.705. The van der Waals surface area contributed by atoms with Crippen LogP contribution in [0.2, 0.25) is 0 Å². The zero-order chi connectivity index (χ0) is 8.77. The predicted octanol–water partition coefficient (Wildman–Crippen LogP) is -1.76. The molecule has 0 aliphatic carbocycles. The Morgan fingerprint density at radius 1 is 1.46 bits per heavy atom. The number of sulfonamides is 1. The average molecular weight is 269 g/mol. The smallest absolute Gasteiger partial charge is 0.439 e. The van der Waals surface area contributed by atoms with E-state index in [1.807, 2.05) is 0 Å². The number of fused-ring (bicyclic) bond motifs is 1. The third-order valence-electron chi connectivity index (χ3n) is 1.66. The Morgan fingerprint density at radius 3 is 2.85 bits per heavy atom. The van der Waals surface area contributed by atoms with Gasteiger partial charge in [0, 0.05) is 0 Å². The van der Waals surface area contributed by atoms with Crippen molar-refractivity contribution < 1.29 is 66.6 Å². The summed E-state index contributed by atoms with van der Waals surface area (Å²) in [6, 6.07) is 3.54. The molecule has 0 radical (unpaired) electrons. The first kappa shape index (κ1) is 11.8. The van der Waals surface area contributed by atoms with E-state index in [9.17, 15) is 8.42 Å². The third-order valence-corrected chi connectivity index (χ3v) is 2.79. The van der Waals surface area contributed by atoms with Crippen molar-refractivity contribution in [3.05, 3.63) is 28.1 Å². The molecule has 0 aromatic carbocycles. The summed E-state index contributed by atoms with van der Waals surface area (Å²) in [4.78, 5) is 4.00. The van der Waals surface area contributed by atoms with E-state index < -0.39 is 10.0 Å². The maximum atomic E-state index is 11.0. The fraction of sp³-hybridized carbons (Fsp3) is 0.286. The maximum Gasteiger partial charge on any atom is 1.00 e. The van der Waals surface area contributed by atoms with Gasteiger partial charge in [-0.05, 0) is 18.3 Å². The van der Waals surface area contributed by atoms with Crippen molar-refractivity contribution in [2.45, 2.75) is 12.7 Å². The van der Waals surface area contributed by atoms with Crippen LogP contribution in [-0.4, -0.2) is 13.4 Å². The first-order valence-electron chi connectivity index (χ1n) is 3.49. The van der Waals surface area contributed by atoms with Crippen LogP contribution in [0.5, 0.6) is 0 Å². The number of hydrogen-bond donors (Lipinski definition) is 0. The molecule has 2 rings (SSSR count). The molecule has 0 N–H and O–H groups in total. The van der Waals surface area contributed by atoms with Gasteiger partial charge in [0.25, 0.3) is 0 Å². The van der Waals surface area contributed by atoms with Gasteiger partial charge in [-0.1, -0.05) is 17.8 Å². The summed E-state index contributed by atoms with van der Waals surface area (Å²) in [6.45, 7) is 1.81. The molecular weight excluding hydrogens is 262 g/mol. The van der Waals surface area contributed by atoms with Crippen LogP contribution in [0.15, 0.2) is 12.1 Å². The summed E-state index contributed by atoms with van der Waals surface area (Å²) in [7, 11) is -3.26. The van der Waals surface area contributed by atoms with E-state index in [2.05, 4.69) is 9.71 Å². The van der Waals surface area contributed by atoms with E-state index in [-0.39, 0.29) is 63.9 Å². The first-order chi connectivity index (χ1) is 5.57. The van der Waals surface area contributed by atoms with Crippen molar-refractivity contribution in [2.24, 2.45) is 0 Å². The van der Waals surface area contributed by atoms with Gasteiger partial charge >= 0.3 is 58.2 Å². The van der Waals surface area contributed by atoms with Gasteiger partial charge in [-0.3, -0.25) is 0 Å². The summed E-state index contributed by atoms with van der Waals surface area (Å²) in [6.07, 6.45) is 0. The van der Waals surface area contributed by atoms with Crippen LogP contribution >= 0.6 is 0 Å². The van der Waals surface area contributed by atoms with E-state index in [0.29, 0.717) is 11.4 Å². The summed E-state index contributed by atoms with van der Waals surface area (Å²) >= 11 is 0. The molecule has 1 aliphatic heterocycles. The molecule has 0 bridgehead atoms. The molecule has 0 atom stereocenters. The van der Waals surface area contributed by atoms with Gasteiger partial charge in [-0.25, -0.2) is 8.42 Å². The van der Waals surface area contributed by atoms with Crippen molar-refractivity contribution >= 4 is 15.8 Å². The Bertz CT molecular complexity index is 430. The Kier molecular flexibility index (Phi) is 3.68. The molecule has 1 aromatic rings. The Balaban J connectivity index is 0.000000845. The van der Waals surface area contributed by atoms with Crippen LogP contribution in [0, 0.1) is 6.92 Å². The fourth-order valence-corrected chi connectivity index (χ4v) is 2.23. The second-order valence-electron chi connectivity index (χ2n) is 2.75. The normalized spacial score (nSPS) is 17.0. The molecule has 6 heteroatoms. The van der Waals surface area contributed by atoms with Crippen LogP contribution in [0.1, 0.15) is 11.3 Å². The van der Waals surface area contributed by atoms with Crippen molar-refractivity contribution in [1.29, 1.82) is 0 Å². The van der Waals surface area contributed by atoms with Gasteiger partial charge < -0.3 is 9.71 Å². The number of aryl methyl sites for hydroxylation is 1. The summed E-state index contributed by atoms with van der Waals surface area (Å²) in [5.41, 5.74) is 1.48. The number of hydrogen-bond acceptors (Lipinski definition) is 3.